The zero-order chi connectivity index (χ0) is 14.9. The second-order valence-corrected chi connectivity index (χ2v) is 5.33. The fourth-order valence-electron chi connectivity index (χ4n) is 2.36. The van der Waals surface area contributed by atoms with Crippen molar-refractivity contribution in [1.29, 1.82) is 0 Å². The Kier molecular flexibility index (Phi) is 6.46. The van der Waals surface area contributed by atoms with Crippen molar-refractivity contribution in [2.24, 2.45) is 16.5 Å². The van der Waals surface area contributed by atoms with Crippen LogP contribution in [0, 0.1) is 0 Å². The molecule has 6 N–H and O–H groups in total. The molecular weight excluding hydrogens is 264 g/mol. The van der Waals surface area contributed by atoms with Gasteiger partial charge in [0.15, 0.2) is 5.96 Å². The normalized spacial score (nSPS) is 17.5. The summed E-state index contributed by atoms with van der Waals surface area (Å²) in [5.74, 6) is 0.135. The van der Waals surface area contributed by atoms with Crippen LogP contribution >= 0.6 is 0 Å². The molecule has 1 aliphatic heterocycles. The van der Waals surface area contributed by atoms with E-state index in [0.717, 1.165) is 51.4 Å². The van der Waals surface area contributed by atoms with E-state index >= 15 is 0 Å². The Hall–Kier alpha value is -1.63. The van der Waals surface area contributed by atoms with Gasteiger partial charge in [-0.05, 0) is 11.1 Å². The van der Waals surface area contributed by atoms with E-state index in [4.69, 9.17) is 11.5 Å². The highest BCUT2D eigenvalue weighted by molar-refractivity contribution is 5.75. The van der Waals surface area contributed by atoms with Gasteiger partial charge in [0, 0.05) is 45.8 Å². The first-order valence-electron chi connectivity index (χ1n) is 7.51. The van der Waals surface area contributed by atoms with Gasteiger partial charge in [-0.15, -0.1) is 0 Å². The first-order valence-corrected chi connectivity index (χ1v) is 7.51. The van der Waals surface area contributed by atoms with Gasteiger partial charge < -0.3 is 22.1 Å². The maximum atomic E-state index is 5.34. The van der Waals surface area contributed by atoms with Gasteiger partial charge >= 0.3 is 0 Å². The van der Waals surface area contributed by atoms with E-state index in [9.17, 15) is 0 Å². The Morgan fingerprint density at radius 2 is 1.52 bits per heavy atom. The van der Waals surface area contributed by atoms with Crippen LogP contribution in [0.3, 0.4) is 0 Å². The van der Waals surface area contributed by atoms with Crippen molar-refractivity contribution in [2.45, 2.75) is 13.1 Å². The van der Waals surface area contributed by atoms with Crippen molar-refractivity contribution in [1.82, 2.24) is 15.5 Å². The molecule has 1 heterocycles. The summed E-state index contributed by atoms with van der Waals surface area (Å²) in [5, 5.41) is 6.87. The van der Waals surface area contributed by atoms with E-state index in [1.54, 1.807) is 0 Å². The Morgan fingerprint density at radius 1 is 0.952 bits per heavy atom. The molecule has 0 amide bonds. The third kappa shape index (κ3) is 6.12. The monoisotopic (exact) mass is 290 g/mol. The van der Waals surface area contributed by atoms with E-state index in [-0.39, 0.29) is 5.96 Å². The molecule has 1 aliphatic rings. The second-order valence-electron chi connectivity index (χ2n) is 5.33. The van der Waals surface area contributed by atoms with Crippen LogP contribution in [0.4, 0.5) is 0 Å². The summed E-state index contributed by atoms with van der Waals surface area (Å²) < 4.78 is 0. The van der Waals surface area contributed by atoms with Gasteiger partial charge in [0.2, 0.25) is 0 Å². The first kappa shape index (κ1) is 15.8. The van der Waals surface area contributed by atoms with Crippen LogP contribution in [0.15, 0.2) is 29.3 Å². The number of benzene rings is 1. The summed E-state index contributed by atoms with van der Waals surface area (Å²) in [6.45, 7) is 7.87. The predicted octanol–water partition coefficient (Wildman–Crippen LogP) is -0.545. The zero-order valence-corrected chi connectivity index (χ0v) is 12.5. The minimum Gasteiger partial charge on any atom is -0.370 e. The smallest absolute Gasteiger partial charge is 0.186 e. The SMILES string of the molecule is NC(N)=NCc1ccc(CN2CCNCCNCC2)cc1. The molecule has 1 saturated heterocycles. The van der Waals surface area contributed by atoms with Crippen LogP contribution < -0.4 is 22.1 Å². The second kappa shape index (κ2) is 8.61. The predicted molar refractivity (Wildman–Crippen MR) is 87.0 cm³/mol. The zero-order valence-electron chi connectivity index (χ0n) is 12.5. The van der Waals surface area contributed by atoms with Gasteiger partial charge in [-0.3, -0.25) is 4.90 Å². The molecule has 0 aromatic heterocycles. The molecule has 2 rings (SSSR count). The highest BCUT2D eigenvalue weighted by Gasteiger charge is 2.07. The summed E-state index contributed by atoms with van der Waals surface area (Å²) in [6, 6.07) is 8.50. The quantitative estimate of drug-likeness (QED) is 0.441. The summed E-state index contributed by atoms with van der Waals surface area (Å²) in [4.78, 5) is 6.49. The van der Waals surface area contributed by atoms with Crippen LogP contribution in [-0.4, -0.2) is 50.1 Å². The maximum Gasteiger partial charge on any atom is 0.186 e. The lowest BCUT2D eigenvalue weighted by atomic mass is 10.1. The highest BCUT2D eigenvalue weighted by Crippen LogP contribution is 2.08. The summed E-state index contributed by atoms with van der Waals surface area (Å²) in [5.41, 5.74) is 13.1. The third-order valence-corrected chi connectivity index (χ3v) is 3.56. The van der Waals surface area contributed by atoms with Crippen LogP contribution in [0.5, 0.6) is 0 Å². The van der Waals surface area contributed by atoms with Gasteiger partial charge in [-0.2, -0.15) is 0 Å². The molecule has 0 unspecified atom stereocenters. The van der Waals surface area contributed by atoms with E-state index in [2.05, 4.69) is 44.8 Å². The number of nitrogens with two attached hydrogens (primary N) is 2. The molecule has 0 bridgehead atoms. The Labute approximate surface area is 126 Å². The highest BCUT2D eigenvalue weighted by atomic mass is 15.2. The fraction of sp³-hybridized carbons (Fsp3) is 0.533. The van der Waals surface area contributed by atoms with E-state index < -0.39 is 0 Å². The third-order valence-electron chi connectivity index (χ3n) is 3.56. The van der Waals surface area contributed by atoms with Gasteiger partial charge in [0.05, 0.1) is 6.54 Å². The molecule has 6 nitrogen and oxygen atoms in total. The number of hydrogen-bond acceptors (Lipinski definition) is 4. The molecule has 0 atom stereocenters. The Morgan fingerprint density at radius 3 is 2.10 bits per heavy atom. The fourth-order valence-corrected chi connectivity index (χ4v) is 2.36. The lowest BCUT2D eigenvalue weighted by Crippen LogP contribution is -2.33. The van der Waals surface area contributed by atoms with E-state index in [1.165, 1.54) is 5.56 Å². The lowest BCUT2D eigenvalue weighted by molar-refractivity contribution is 0.272. The van der Waals surface area contributed by atoms with Gasteiger partial charge in [-0.25, -0.2) is 4.99 Å². The van der Waals surface area contributed by atoms with Gasteiger partial charge in [0.1, 0.15) is 0 Å². The summed E-state index contributed by atoms with van der Waals surface area (Å²) in [6.07, 6.45) is 0. The average molecular weight is 290 g/mol. The summed E-state index contributed by atoms with van der Waals surface area (Å²) in [7, 11) is 0. The Bertz CT molecular complexity index is 428. The van der Waals surface area contributed by atoms with Crippen LogP contribution in [0.25, 0.3) is 0 Å². The van der Waals surface area contributed by atoms with Crippen LogP contribution in [-0.2, 0) is 13.1 Å². The number of aliphatic imine (C=N–C) groups is 1. The molecule has 6 heteroatoms. The van der Waals surface area contributed by atoms with Gasteiger partial charge in [0.25, 0.3) is 0 Å². The van der Waals surface area contributed by atoms with E-state index in [1.807, 2.05) is 0 Å². The first-order chi connectivity index (χ1) is 10.2. The number of nitrogens with zero attached hydrogens (tertiary/aromatic N) is 2. The van der Waals surface area contributed by atoms with Crippen molar-refractivity contribution in [3.8, 4) is 0 Å². The number of nitrogens with one attached hydrogen (secondary N) is 2. The van der Waals surface area contributed by atoms with Gasteiger partial charge in [-0.1, -0.05) is 24.3 Å². The molecule has 0 saturated carbocycles. The van der Waals surface area contributed by atoms with Crippen LogP contribution in [0.2, 0.25) is 0 Å². The molecular formula is C15H26N6. The van der Waals surface area contributed by atoms with Crippen molar-refractivity contribution in [3.63, 3.8) is 0 Å². The Balaban J connectivity index is 1.87. The molecule has 0 radical (unpaired) electrons. The molecule has 0 aliphatic carbocycles. The number of hydrogen-bond donors (Lipinski definition) is 4. The van der Waals surface area contributed by atoms with Crippen molar-refractivity contribution in [3.05, 3.63) is 35.4 Å². The van der Waals surface area contributed by atoms with Crippen LogP contribution in [0.1, 0.15) is 11.1 Å². The summed E-state index contributed by atoms with van der Waals surface area (Å²) >= 11 is 0. The average Bonchev–Trinajstić information content (AvgIpc) is 2.60. The number of guanidine groups is 1. The van der Waals surface area contributed by atoms with Crippen molar-refractivity contribution in [2.75, 3.05) is 39.3 Å². The maximum absolute atomic E-state index is 5.34. The molecule has 0 spiro atoms. The molecule has 116 valence electrons. The largest absolute Gasteiger partial charge is 0.370 e. The number of rotatable bonds is 4. The minimum atomic E-state index is 0.135. The van der Waals surface area contributed by atoms with Crippen molar-refractivity contribution < 1.29 is 0 Å². The minimum absolute atomic E-state index is 0.135. The molecule has 1 aromatic rings. The molecule has 1 aromatic carbocycles. The standard InChI is InChI=1S/C15H26N6/c16-15(17)20-11-13-1-3-14(4-2-13)12-21-9-7-18-5-6-19-8-10-21/h1-4,18-19H,5-12H2,(H4,16,17,20). The van der Waals surface area contributed by atoms with Crippen molar-refractivity contribution >= 4 is 5.96 Å². The molecule has 21 heavy (non-hydrogen) atoms. The lowest BCUT2D eigenvalue weighted by Gasteiger charge is -2.21. The molecule has 1 fully saturated rings. The topological polar surface area (TPSA) is 91.7 Å². The van der Waals surface area contributed by atoms with E-state index in [0.29, 0.717) is 6.54 Å².